The lowest BCUT2D eigenvalue weighted by Crippen LogP contribution is -2.09. The topological polar surface area (TPSA) is 55.8 Å². The molecule has 1 N–H and O–H groups in total. The lowest BCUT2D eigenvalue weighted by atomic mass is 10.1. The zero-order valence-electron chi connectivity index (χ0n) is 10.7. The molecule has 5 heteroatoms. The minimum absolute atomic E-state index is 0.00338. The number of aliphatic carboxylic acids is 1. The number of hydrogen-bond donors (Lipinski definition) is 1. The molecule has 0 aromatic heterocycles. The van der Waals surface area contributed by atoms with Crippen LogP contribution in [0.15, 0.2) is 16.6 Å². The van der Waals surface area contributed by atoms with Crippen molar-refractivity contribution in [2.45, 2.75) is 32.8 Å². The highest BCUT2D eigenvalue weighted by molar-refractivity contribution is 9.10. The van der Waals surface area contributed by atoms with Crippen LogP contribution in [0.25, 0.3) is 0 Å². The fourth-order valence-corrected chi connectivity index (χ4v) is 2.06. The summed E-state index contributed by atoms with van der Waals surface area (Å²) in [5.41, 5.74) is 0.831. The van der Waals surface area contributed by atoms with Gasteiger partial charge in [0.1, 0.15) is 0 Å². The van der Waals surface area contributed by atoms with E-state index in [4.69, 9.17) is 14.6 Å². The summed E-state index contributed by atoms with van der Waals surface area (Å²) in [6, 6.07) is 3.67. The first kappa shape index (κ1) is 14.8. The quantitative estimate of drug-likeness (QED) is 0.875. The lowest BCUT2D eigenvalue weighted by molar-refractivity contribution is -0.136. The second-order valence-electron chi connectivity index (χ2n) is 4.16. The highest BCUT2D eigenvalue weighted by Crippen LogP contribution is 2.36. The van der Waals surface area contributed by atoms with Crippen LogP contribution >= 0.6 is 15.9 Å². The third kappa shape index (κ3) is 4.22. The van der Waals surface area contributed by atoms with Gasteiger partial charge in [-0.2, -0.15) is 0 Å². The first-order valence-corrected chi connectivity index (χ1v) is 6.48. The van der Waals surface area contributed by atoms with Gasteiger partial charge in [0.2, 0.25) is 0 Å². The number of carbonyl (C=O) groups is 1. The number of benzene rings is 1. The second-order valence-corrected chi connectivity index (χ2v) is 5.07. The molecular weight excluding hydrogens is 300 g/mol. The summed E-state index contributed by atoms with van der Waals surface area (Å²) in [5, 5.41) is 8.76. The van der Waals surface area contributed by atoms with E-state index in [0.29, 0.717) is 17.9 Å². The fraction of sp³-hybridized carbons (Fsp3) is 0.462. The molecule has 0 aliphatic rings. The van der Waals surface area contributed by atoms with Gasteiger partial charge in [0, 0.05) is 10.9 Å². The predicted octanol–water partition coefficient (Wildman–Crippen LogP) is 3.26. The molecule has 1 rings (SSSR count). The van der Waals surface area contributed by atoms with Crippen molar-refractivity contribution >= 4 is 21.9 Å². The van der Waals surface area contributed by atoms with E-state index in [-0.39, 0.29) is 12.5 Å². The summed E-state index contributed by atoms with van der Waals surface area (Å²) < 4.78 is 11.8. The molecule has 0 fully saturated rings. The molecule has 0 saturated heterocycles. The van der Waals surface area contributed by atoms with Crippen LogP contribution in [0.1, 0.15) is 25.8 Å². The monoisotopic (exact) mass is 316 g/mol. The zero-order valence-corrected chi connectivity index (χ0v) is 12.3. The van der Waals surface area contributed by atoms with Gasteiger partial charge >= 0.3 is 5.97 Å². The van der Waals surface area contributed by atoms with E-state index in [2.05, 4.69) is 15.9 Å². The van der Waals surface area contributed by atoms with Crippen molar-refractivity contribution < 1.29 is 19.4 Å². The van der Waals surface area contributed by atoms with E-state index >= 15 is 0 Å². The maximum absolute atomic E-state index is 10.7. The molecular formula is C13H17BrO4. The van der Waals surface area contributed by atoms with E-state index in [0.717, 1.165) is 10.0 Å². The number of ether oxygens (including phenoxy) is 2. The van der Waals surface area contributed by atoms with Crippen molar-refractivity contribution in [1.29, 1.82) is 0 Å². The smallest absolute Gasteiger partial charge is 0.303 e. The van der Waals surface area contributed by atoms with Crippen LogP contribution in [0.5, 0.6) is 11.5 Å². The number of halogens is 1. The van der Waals surface area contributed by atoms with Gasteiger partial charge in [-0.1, -0.05) is 15.9 Å². The van der Waals surface area contributed by atoms with Gasteiger partial charge in [-0.05, 0) is 38.0 Å². The average molecular weight is 317 g/mol. The van der Waals surface area contributed by atoms with Gasteiger partial charge in [0.25, 0.3) is 0 Å². The molecule has 0 heterocycles. The maximum atomic E-state index is 10.7. The van der Waals surface area contributed by atoms with Crippen molar-refractivity contribution in [3.8, 4) is 11.5 Å². The highest BCUT2D eigenvalue weighted by Gasteiger charge is 2.15. The molecule has 18 heavy (non-hydrogen) atoms. The third-order valence-electron chi connectivity index (χ3n) is 2.28. The van der Waals surface area contributed by atoms with Gasteiger partial charge in [-0.3, -0.25) is 4.79 Å². The largest absolute Gasteiger partial charge is 0.493 e. The molecule has 1 aromatic carbocycles. The van der Waals surface area contributed by atoms with Crippen LogP contribution in [0, 0.1) is 0 Å². The molecule has 0 saturated carbocycles. The van der Waals surface area contributed by atoms with Gasteiger partial charge in [-0.25, -0.2) is 0 Å². The molecule has 0 spiro atoms. The van der Waals surface area contributed by atoms with Gasteiger partial charge < -0.3 is 14.6 Å². The van der Waals surface area contributed by atoms with Crippen LogP contribution in [-0.4, -0.2) is 24.3 Å². The van der Waals surface area contributed by atoms with Crippen LogP contribution < -0.4 is 9.47 Å². The van der Waals surface area contributed by atoms with Crippen LogP contribution in [0.2, 0.25) is 0 Å². The number of carboxylic acids is 1. The molecule has 0 unspecified atom stereocenters. The SMILES string of the molecule is COc1cc(Br)cc(CCC(=O)O)c1OC(C)C. The number of methoxy groups -OCH3 is 1. The summed E-state index contributed by atoms with van der Waals surface area (Å²) in [5.74, 6) is 0.403. The lowest BCUT2D eigenvalue weighted by Gasteiger charge is -2.17. The Labute approximate surface area is 115 Å². The molecule has 0 aliphatic carbocycles. The fourth-order valence-electron chi connectivity index (χ4n) is 1.57. The first-order chi connectivity index (χ1) is 8.43. The predicted molar refractivity (Wildman–Crippen MR) is 72.4 cm³/mol. The molecule has 0 radical (unpaired) electrons. The van der Waals surface area contributed by atoms with E-state index in [1.807, 2.05) is 26.0 Å². The van der Waals surface area contributed by atoms with Crippen molar-refractivity contribution in [2.24, 2.45) is 0 Å². The second kappa shape index (κ2) is 6.64. The minimum Gasteiger partial charge on any atom is -0.493 e. The van der Waals surface area contributed by atoms with E-state index < -0.39 is 5.97 Å². The minimum atomic E-state index is -0.829. The first-order valence-electron chi connectivity index (χ1n) is 5.69. The van der Waals surface area contributed by atoms with Gasteiger partial charge in [0.15, 0.2) is 11.5 Å². The normalized spacial score (nSPS) is 10.5. The van der Waals surface area contributed by atoms with Crippen molar-refractivity contribution in [3.63, 3.8) is 0 Å². The number of rotatable bonds is 6. The Hall–Kier alpha value is -1.23. The molecule has 0 aliphatic heterocycles. The molecule has 100 valence electrons. The molecule has 4 nitrogen and oxygen atoms in total. The van der Waals surface area contributed by atoms with E-state index in [9.17, 15) is 4.79 Å². The van der Waals surface area contributed by atoms with Crippen LogP contribution in [0.3, 0.4) is 0 Å². The molecule has 0 atom stereocenters. The van der Waals surface area contributed by atoms with Crippen molar-refractivity contribution in [1.82, 2.24) is 0 Å². The zero-order chi connectivity index (χ0) is 13.7. The van der Waals surface area contributed by atoms with Crippen LogP contribution in [0.4, 0.5) is 0 Å². The van der Waals surface area contributed by atoms with Gasteiger partial charge in [0.05, 0.1) is 13.2 Å². The highest BCUT2D eigenvalue weighted by atomic mass is 79.9. The maximum Gasteiger partial charge on any atom is 0.303 e. The van der Waals surface area contributed by atoms with E-state index in [1.54, 1.807) is 7.11 Å². The Morgan fingerprint density at radius 3 is 2.61 bits per heavy atom. The number of carboxylic acid groups (broad SMARTS) is 1. The Kier molecular flexibility index (Phi) is 5.47. The van der Waals surface area contributed by atoms with Crippen molar-refractivity contribution in [3.05, 3.63) is 22.2 Å². The third-order valence-corrected chi connectivity index (χ3v) is 2.74. The number of hydrogen-bond acceptors (Lipinski definition) is 3. The molecule has 1 aromatic rings. The Morgan fingerprint density at radius 1 is 1.44 bits per heavy atom. The van der Waals surface area contributed by atoms with E-state index in [1.165, 1.54) is 0 Å². The number of aryl methyl sites for hydroxylation is 1. The Balaban J connectivity index is 3.10. The molecule has 0 bridgehead atoms. The van der Waals surface area contributed by atoms with Crippen LogP contribution in [-0.2, 0) is 11.2 Å². The standard InChI is InChI=1S/C13H17BrO4/c1-8(2)18-13-9(4-5-12(15)16)6-10(14)7-11(13)17-3/h6-8H,4-5H2,1-3H3,(H,15,16). The van der Waals surface area contributed by atoms with Crippen molar-refractivity contribution in [2.75, 3.05) is 7.11 Å². The summed E-state index contributed by atoms with van der Waals surface area (Å²) >= 11 is 3.38. The summed E-state index contributed by atoms with van der Waals surface area (Å²) in [7, 11) is 1.57. The summed E-state index contributed by atoms with van der Waals surface area (Å²) in [6.45, 7) is 3.84. The van der Waals surface area contributed by atoms with Gasteiger partial charge in [-0.15, -0.1) is 0 Å². The Morgan fingerprint density at radius 2 is 2.11 bits per heavy atom. The average Bonchev–Trinajstić information content (AvgIpc) is 2.28. The Bertz CT molecular complexity index is 429. The summed E-state index contributed by atoms with van der Waals surface area (Å²) in [6.07, 6.45) is 0.477. The summed E-state index contributed by atoms with van der Waals surface area (Å²) in [4.78, 5) is 10.7. The molecule has 0 amide bonds.